The number of benzene rings is 4. The summed E-state index contributed by atoms with van der Waals surface area (Å²) in [6.45, 7) is 1.86. The van der Waals surface area contributed by atoms with E-state index in [1.165, 1.54) is 20.9 Å². The van der Waals surface area contributed by atoms with Gasteiger partial charge in [-0.25, -0.2) is 9.98 Å². The Kier molecular flexibility index (Phi) is 10.6. The van der Waals surface area contributed by atoms with E-state index in [0.717, 1.165) is 71.2 Å². The Balaban J connectivity index is 1.12. The van der Waals surface area contributed by atoms with Crippen molar-refractivity contribution >= 4 is 34.0 Å². The fourth-order valence-corrected chi connectivity index (χ4v) is 7.26. The van der Waals surface area contributed by atoms with Crippen molar-refractivity contribution in [1.29, 1.82) is 0 Å². The lowest BCUT2D eigenvalue weighted by Crippen LogP contribution is -2.14. The number of ether oxygens (including phenoxy) is 2. The molecule has 0 aliphatic heterocycles. The second kappa shape index (κ2) is 15.6. The third-order valence-electron chi connectivity index (χ3n) is 7.70. The van der Waals surface area contributed by atoms with Gasteiger partial charge in [0.1, 0.15) is 11.5 Å². The quantitative estimate of drug-likeness (QED) is 0.117. The molecule has 0 amide bonds. The molecule has 8 heteroatoms. The average molecular weight is 647 g/mol. The Labute approximate surface area is 278 Å². The minimum absolute atomic E-state index is 0.862. The Morgan fingerprint density at radius 1 is 0.500 bits per heavy atom. The molecule has 0 unspecified atom stereocenters. The maximum atomic E-state index is 5.36. The topological polar surface area (TPSA) is 53.0 Å². The SMILES string of the molecule is COc1ccc(-c2cn(CCCCCCn3cc(-c4ccc(OC)cc4)sc3=Nc3ccccc3)c(=Nc3ccccc3)s2)cc1. The van der Waals surface area contributed by atoms with E-state index in [1.807, 2.05) is 60.7 Å². The van der Waals surface area contributed by atoms with E-state index >= 15 is 0 Å². The van der Waals surface area contributed by atoms with Crippen molar-refractivity contribution in [3.05, 3.63) is 131 Å². The van der Waals surface area contributed by atoms with Crippen molar-refractivity contribution in [2.24, 2.45) is 9.98 Å². The van der Waals surface area contributed by atoms with E-state index in [2.05, 4.69) is 70.1 Å². The minimum Gasteiger partial charge on any atom is -0.497 e. The Bertz CT molecular complexity index is 1810. The zero-order chi connectivity index (χ0) is 31.6. The van der Waals surface area contributed by atoms with Crippen LogP contribution < -0.4 is 19.1 Å². The number of aromatic nitrogens is 2. The van der Waals surface area contributed by atoms with Crippen LogP contribution in [0.3, 0.4) is 0 Å². The molecule has 4 aromatic carbocycles. The highest BCUT2D eigenvalue weighted by atomic mass is 32.1. The maximum Gasteiger partial charge on any atom is 0.190 e. The largest absolute Gasteiger partial charge is 0.497 e. The molecule has 0 aliphatic rings. The summed E-state index contributed by atoms with van der Waals surface area (Å²) in [5, 5.41) is 0. The lowest BCUT2D eigenvalue weighted by Gasteiger charge is -2.05. The van der Waals surface area contributed by atoms with E-state index in [9.17, 15) is 0 Å². The molecule has 234 valence electrons. The molecule has 0 atom stereocenters. The number of hydrogen-bond acceptors (Lipinski definition) is 6. The van der Waals surface area contributed by atoms with Gasteiger partial charge in [0.15, 0.2) is 9.60 Å². The van der Waals surface area contributed by atoms with E-state index < -0.39 is 0 Å². The molecule has 2 aromatic heterocycles. The minimum atomic E-state index is 0.862. The Morgan fingerprint density at radius 2 is 0.891 bits per heavy atom. The molecule has 0 N–H and O–H groups in total. The first kappa shape index (κ1) is 31.3. The summed E-state index contributed by atoms with van der Waals surface area (Å²) >= 11 is 3.45. The Morgan fingerprint density at radius 3 is 1.26 bits per heavy atom. The van der Waals surface area contributed by atoms with Crippen molar-refractivity contribution in [2.75, 3.05) is 14.2 Å². The van der Waals surface area contributed by atoms with Crippen molar-refractivity contribution in [3.63, 3.8) is 0 Å². The lowest BCUT2D eigenvalue weighted by molar-refractivity contribution is 0.415. The molecule has 6 nitrogen and oxygen atoms in total. The summed E-state index contributed by atoms with van der Waals surface area (Å²) in [6, 6.07) is 36.9. The number of para-hydroxylation sites is 2. The zero-order valence-corrected chi connectivity index (χ0v) is 27.8. The van der Waals surface area contributed by atoms with Gasteiger partial charge in [0, 0.05) is 25.5 Å². The number of unbranched alkanes of at least 4 members (excludes halogenated alkanes) is 3. The molecule has 0 saturated heterocycles. The number of rotatable bonds is 13. The molecule has 0 radical (unpaired) electrons. The van der Waals surface area contributed by atoms with Crippen LogP contribution in [0, 0.1) is 0 Å². The smallest absolute Gasteiger partial charge is 0.190 e. The van der Waals surface area contributed by atoms with Gasteiger partial charge in [0.2, 0.25) is 0 Å². The first-order valence-corrected chi connectivity index (χ1v) is 17.2. The average Bonchev–Trinajstić information content (AvgIpc) is 3.70. The highest BCUT2D eigenvalue weighted by Gasteiger charge is 2.09. The van der Waals surface area contributed by atoms with Gasteiger partial charge in [-0.1, -0.05) is 71.9 Å². The van der Waals surface area contributed by atoms with Gasteiger partial charge in [0.25, 0.3) is 0 Å². The normalized spacial score (nSPS) is 12.0. The first-order valence-electron chi connectivity index (χ1n) is 15.6. The number of methoxy groups -OCH3 is 2. The number of aryl methyl sites for hydroxylation is 2. The molecule has 2 heterocycles. The van der Waals surface area contributed by atoms with E-state index in [1.54, 1.807) is 36.9 Å². The number of nitrogens with zero attached hydrogens (tertiary/aromatic N) is 4. The van der Waals surface area contributed by atoms with Crippen LogP contribution in [0.25, 0.3) is 20.9 Å². The lowest BCUT2D eigenvalue weighted by atomic mass is 10.2. The third kappa shape index (κ3) is 8.13. The summed E-state index contributed by atoms with van der Waals surface area (Å²) in [6.07, 6.45) is 8.96. The molecular formula is C38H38N4O2S2. The first-order chi connectivity index (χ1) is 22.7. The van der Waals surface area contributed by atoms with Crippen LogP contribution in [0.5, 0.6) is 11.5 Å². The molecule has 0 saturated carbocycles. The second-order valence-corrected chi connectivity index (χ2v) is 12.9. The molecule has 6 aromatic rings. The van der Waals surface area contributed by atoms with E-state index in [-0.39, 0.29) is 0 Å². The van der Waals surface area contributed by atoms with Crippen LogP contribution in [-0.2, 0) is 13.1 Å². The fraction of sp³-hybridized carbons (Fsp3) is 0.211. The highest BCUT2D eigenvalue weighted by Crippen LogP contribution is 2.27. The standard InChI is InChI=1S/C38H38N4O2S2/c1-43-33-21-17-29(18-22-33)35-27-41(37(45-35)39-31-13-7-5-8-14-31)25-11-3-4-12-26-42-28-36(30-19-23-34(44-2)24-20-30)46-38(42)40-32-15-9-6-10-16-32/h5-10,13-24,27-28H,3-4,11-12,25-26H2,1-2H3. The number of thiazole rings is 2. The van der Waals surface area contributed by atoms with Crippen LogP contribution in [0.4, 0.5) is 11.4 Å². The summed E-state index contributed by atoms with van der Waals surface area (Å²) in [5.41, 5.74) is 4.29. The molecule has 0 bridgehead atoms. The Hall–Kier alpha value is -4.66. The second-order valence-electron chi connectivity index (χ2n) is 10.9. The zero-order valence-electron chi connectivity index (χ0n) is 26.2. The fourth-order valence-electron chi connectivity index (χ4n) is 5.18. The van der Waals surface area contributed by atoms with Gasteiger partial charge in [-0.05, 0) is 96.8 Å². The van der Waals surface area contributed by atoms with Crippen LogP contribution in [0.15, 0.2) is 132 Å². The summed E-state index contributed by atoms with van der Waals surface area (Å²) in [5.74, 6) is 1.72. The van der Waals surface area contributed by atoms with Gasteiger partial charge < -0.3 is 18.6 Å². The summed E-state index contributed by atoms with van der Waals surface area (Å²) < 4.78 is 15.3. The molecular weight excluding hydrogens is 609 g/mol. The van der Waals surface area contributed by atoms with Gasteiger partial charge in [0.05, 0.1) is 35.3 Å². The highest BCUT2D eigenvalue weighted by molar-refractivity contribution is 7.13. The van der Waals surface area contributed by atoms with Gasteiger partial charge >= 0.3 is 0 Å². The van der Waals surface area contributed by atoms with E-state index in [0.29, 0.717) is 0 Å². The van der Waals surface area contributed by atoms with Crippen LogP contribution in [0.1, 0.15) is 25.7 Å². The van der Waals surface area contributed by atoms with Crippen molar-refractivity contribution in [3.8, 4) is 32.4 Å². The van der Waals surface area contributed by atoms with Crippen LogP contribution in [-0.4, -0.2) is 23.4 Å². The van der Waals surface area contributed by atoms with Crippen molar-refractivity contribution in [1.82, 2.24) is 9.13 Å². The molecule has 0 spiro atoms. The molecule has 0 aliphatic carbocycles. The van der Waals surface area contributed by atoms with Crippen LogP contribution >= 0.6 is 22.7 Å². The van der Waals surface area contributed by atoms with Crippen molar-refractivity contribution in [2.45, 2.75) is 38.8 Å². The van der Waals surface area contributed by atoms with Gasteiger partial charge in [-0.3, -0.25) is 0 Å². The summed E-state index contributed by atoms with van der Waals surface area (Å²) in [7, 11) is 3.39. The summed E-state index contributed by atoms with van der Waals surface area (Å²) in [4.78, 5) is 14.4. The van der Waals surface area contributed by atoms with Gasteiger partial charge in [-0.15, -0.1) is 0 Å². The predicted octanol–water partition coefficient (Wildman–Crippen LogP) is 9.49. The van der Waals surface area contributed by atoms with Crippen LogP contribution in [0.2, 0.25) is 0 Å². The molecule has 0 fully saturated rings. The van der Waals surface area contributed by atoms with Crippen molar-refractivity contribution < 1.29 is 9.47 Å². The third-order valence-corrected chi connectivity index (χ3v) is 9.84. The van der Waals surface area contributed by atoms with Gasteiger partial charge in [-0.2, -0.15) is 0 Å². The molecule has 6 rings (SSSR count). The monoisotopic (exact) mass is 646 g/mol. The maximum absolute atomic E-state index is 5.36. The predicted molar refractivity (Wildman–Crippen MR) is 190 cm³/mol. The molecule has 46 heavy (non-hydrogen) atoms. The van der Waals surface area contributed by atoms with E-state index in [4.69, 9.17) is 19.5 Å². The number of hydrogen-bond donors (Lipinski definition) is 0.